The van der Waals surface area contributed by atoms with E-state index in [1.54, 1.807) is 6.08 Å². The molecule has 0 bridgehead atoms. The lowest BCUT2D eigenvalue weighted by atomic mass is 9.88. The summed E-state index contributed by atoms with van der Waals surface area (Å²) in [5.41, 5.74) is 0. The summed E-state index contributed by atoms with van der Waals surface area (Å²) in [6, 6.07) is -4.90. The van der Waals surface area contributed by atoms with Crippen molar-refractivity contribution in [3.8, 4) is 0 Å². The van der Waals surface area contributed by atoms with E-state index in [1.807, 2.05) is 6.08 Å². The number of nitrogens with one attached hydrogen (secondary N) is 3. The molecule has 14 unspecified atom stereocenters. The molecule has 758 valence electrons. The Balaban J connectivity index is 1.06. The number of aliphatic hydroxyl groups excluding tert-OH is 21. The molecule has 7 heterocycles. The minimum absolute atomic E-state index is 0.145. The zero-order valence-corrected chi connectivity index (χ0v) is 75.6. The van der Waals surface area contributed by atoms with Crippen LogP contribution in [0.3, 0.4) is 0 Å². The van der Waals surface area contributed by atoms with Gasteiger partial charge in [-0.25, -0.2) is 4.79 Å². The molecule has 0 aliphatic carbocycles. The number of rotatable bonds is 59. The third-order valence-corrected chi connectivity index (χ3v) is 25.3. The summed E-state index contributed by atoms with van der Waals surface area (Å²) in [4.78, 5) is 52.9. The number of hydrogen-bond donors (Lipinski definition) is 25. The molecule has 25 N–H and O–H groups in total. The van der Waals surface area contributed by atoms with Crippen molar-refractivity contribution in [2.75, 3.05) is 46.2 Å². The van der Waals surface area contributed by atoms with Gasteiger partial charge < -0.3 is 195 Å². The van der Waals surface area contributed by atoms with Crippen LogP contribution in [0.15, 0.2) is 12.2 Å². The molecule has 38 atom stereocenters. The van der Waals surface area contributed by atoms with E-state index >= 15 is 0 Å². The van der Waals surface area contributed by atoms with Gasteiger partial charge in [0.2, 0.25) is 17.7 Å². The number of carbonyl (C=O) groups excluding carboxylic acids is 3. The lowest BCUT2D eigenvalue weighted by molar-refractivity contribution is -0.401. The van der Waals surface area contributed by atoms with Crippen LogP contribution in [0.2, 0.25) is 0 Å². The second-order valence-corrected chi connectivity index (χ2v) is 35.6. The van der Waals surface area contributed by atoms with E-state index in [2.05, 4.69) is 29.8 Å². The Bertz CT molecular complexity index is 3190. The average molecular weight is 1880 g/mol. The maximum Gasteiger partial charge on any atom is 0.364 e. The first-order valence-electron chi connectivity index (χ1n) is 47.0. The molecule has 130 heavy (non-hydrogen) atoms. The van der Waals surface area contributed by atoms with Gasteiger partial charge in [0.1, 0.15) is 159 Å². The van der Waals surface area contributed by atoms with Gasteiger partial charge in [0, 0.05) is 26.7 Å². The predicted molar refractivity (Wildman–Crippen MR) is 451 cm³/mol. The molecule has 7 aliphatic heterocycles. The van der Waals surface area contributed by atoms with E-state index in [-0.39, 0.29) is 12.3 Å². The number of carboxylic acid groups (broad SMARTS) is 1. The Hall–Kier alpha value is -3.78. The van der Waals surface area contributed by atoms with Crippen LogP contribution in [0.1, 0.15) is 234 Å². The minimum Gasteiger partial charge on any atom is -0.477 e. The molecule has 7 saturated heterocycles. The fraction of sp³-hybridized carbons (Fsp3) is 0.931. The maximum absolute atomic E-state index is 13.6. The second kappa shape index (κ2) is 58.2. The first-order chi connectivity index (χ1) is 62.2. The molecule has 3 amide bonds. The molecule has 0 aromatic heterocycles. The largest absolute Gasteiger partial charge is 0.477 e. The van der Waals surface area contributed by atoms with Gasteiger partial charge in [-0.05, 0) is 26.2 Å². The standard InChI is InChI=1S/C87H155N3O40/c1-6-8-10-12-14-16-18-20-21-22-23-25-27-29-31-33-35-37-58(102)90-49(50(99)36-34-32-30-28-26-24-19-17-15-13-11-9-7-2)45-117-81-69(111)67(109)73(56(43-95)123-81)124-83-71(113)78(64(106)54(41-93)119-83)128-84-70(112)77(63(105)53(40-92)120-84)127-80-60(89-48(5)98)76(126-82-68(110)66(108)61(103)46(3)118-82)74(57(44-96)122-80)125-85-72(114)79(65(107)55(42-94)121-85)130-87(86(115)116)38-51(100)59(88-47(4)97)75(129-87)62(104)52(101)39-91/h34,36,46,49-57,59-85,91-96,99-101,103-114H,6-33,35,37-45H2,1-5H3,(H,88,97)(H,89,98)(H,90,102)(H,115,116)/b36-34+/t46?,49-,50+,51?,52+,53?,54?,55?,56?,57?,59+,60?,61+,62+,63-,64-,65-,66?,67+,68-,69?,70?,71?,72?,73+,74+,75?,76+,77-,78-,79-,80-,81+,82+,83-,84+,85-,87-/m0/s1. The molecule has 0 spiro atoms. The number of ether oxygens (including phenoxy) is 14. The summed E-state index contributed by atoms with van der Waals surface area (Å²) in [6.45, 7) is 0.167. The number of aliphatic hydroxyl groups is 21. The third kappa shape index (κ3) is 32.7. The van der Waals surface area contributed by atoms with Crippen LogP contribution in [0.25, 0.3) is 0 Å². The molecular formula is C87H155N3O40. The number of carbonyl (C=O) groups is 4. The molecule has 0 aromatic carbocycles. The molecule has 43 heteroatoms. The predicted octanol–water partition coefficient (Wildman–Crippen LogP) is -3.59. The van der Waals surface area contributed by atoms with Crippen LogP contribution in [-0.2, 0) is 85.5 Å². The van der Waals surface area contributed by atoms with Crippen molar-refractivity contribution in [1.29, 1.82) is 0 Å². The quantitative estimate of drug-likeness (QED) is 0.0207. The topological polar surface area (TPSA) is 679 Å². The van der Waals surface area contributed by atoms with Crippen LogP contribution in [0.5, 0.6) is 0 Å². The van der Waals surface area contributed by atoms with Gasteiger partial charge in [0.25, 0.3) is 5.79 Å². The van der Waals surface area contributed by atoms with Crippen molar-refractivity contribution in [3.63, 3.8) is 0 Å². The lowest BCUT2D eigenvalue weighted by Crippen LogP contribution is -2.72. The normalized spacial score (nSPS) is 37.8. The minimum atomic E-state index is -3.30. The van der Waals surface area contributed by atoms with Gasteiger partial charge in [-0.15, -0.1) is 0 Å². The molecule has 7 aliphatic rings. The highest BCUT2D eigenvalue weighted by atomic mass is 16.8. The van der Waals surface area contributed by atoms with E-state index in [9.17, 15) is 132 Å². The van der Waals surface area contributed by atoms with Crippen molar-refractivity contribution in [3.05, 3.63) is 12.2 Å². The van der Waals surface area contributed by atoms with Gasteiger partial charge in [0.05, 0.1) is 76.6 Å². The molecule has 43 nitrogen and oxygen atoms in total. The Morgan fingerprint density at radius 3 is 1.26 bits per heavy atom. The Kier molecular flexibility index (Phi) is 50.7. The van der Waals surface area contributed by atoms with Gasteiger partial charge in [0.15, 0.2) is 37.7 Å². The number of amides is 3. The number of allylic oxidation sites excluding steroid dienone is 1. The molecule has 7 fully saturated rings. The summed E-state index contributed by atoms with van der Waals surface area (Å²) in [6.07, 6.45) is -35.6. The van der Waals surface area contributed by atoms with Crippen molar-refractivity contribution < 1.29 is 198 Å². The highest BCUT2D eigenvalue weighted by molar-refractivity contribution is 5.77. The van der Waals surface area contributed by atoms with Gasteiger partial charge >= 0.3 is 5.97 Å². The van der Waals surface area contributed by atoms with E-state index in [4.69, 9.17) is 66.3 Å². The summed E-state index contributed by atoms with van der Waals surface area (Å²) >= 11 is 0. The zero-order chi connectivity index (χ0) is 95.5. The monoisotopic (exact) mass is 1880 g/mol. The molecule has 0 radical (unpaired) electrons. The van der Waals surface area contributed by atoms with Crippen LogP contribution < -0.4 is 16.0 Å². The van der Waals surface area contributed by atoms with E-state index < -0.39 is 303 Å². The molecule has 0 aromatic rings. The van der Waals surface area contributed by atoms with Crippen molar-refractivity contribution in [1.82, 2.24) is 16.0 Å². The van der Waals surface area contributed by atoms with Crippen molar-refractivity contribution >= 4 is 23.7 Å². The average Bonchev–Trinajstić information content (AvgIpc) is 0.752. The van der Waals surface area contributed by atoms with Gasteiger partial charge in [-0.1, -0.05) is 193 Å². The fourth-order valence-electron chi connectivity index (χ4n) is 17.6. The molecule has 0 saturated carbocycles. The van der Waals surface area contributed by atoms with E-state index in [0.717, 1.165) is 71.6 Å². The highest BCUT2D eigenvalue weighted by Crippen LogP contribution is 2.42. The van der Waals surface area contributed by atoms with Gasteiger partial charge in [-0.2, -0.15) is 0 Å². The van der Waals surface area contributed by atoms with Gasteiger partial charge in [-0.3, -0.25) is 14.4 Å². The van der Waals surface area contributed by atoms with Crippen LogP contribution in [-0.4, -0.2) is 415 Å². The highest BCUT2D eigenvalue weighted by Gasteiger charge is 2.63. The Morgan fingerprint density at radius 2 is 0.800 bits per heavy atom. The van der Waals surface area contributed by atoms with E-state index in [0.29, 0.717) is 12.8 Å². The number of unbranched alkanes of at least 4 members (excludes halogenated alkanes) is 27. The van der Waals surface area contributed by atoms with Crippen LogP contribution >= 0.6 is 0 Å². The fourth-order valence-corrected chi connectivity index (χ4v) is 17.6. The van der Waals surface area contributed by atoms with Crippen LogP contribution in [0.4, 0.5) is 0 Å². The van der Waals surface area contributed by atoms with Crippen molar-refractivity contribution in [2.24, 2.45) is 0 Å². The Labute approximate surface area is 759 Å². The molecule has 7 rings (SSSR count). The number of hydrogen-bond acceptors (Lipinski definition) is 39. The first kappa shape index (κ1) is 113. The lowest BCUT2D eigenvalue weighted by Gasteiger charge is -2.52. The summed E-state index contributed by atoms with van der Waals surface area (Å²) in [5, 5.41) is 256. The maximum atomic E-state index is 13.6. The third-order valence-electron chi connectivity index (χ3n) is 25.3. The number of carboxylic acids is 1. The summed E-state index contributed by atoms with van der Waals surface area (Å²) in [7, 11) is 0. The molecular weight excluding hydrogens is 1730 g/mol. The Morgan fingerprint density at radius 1 is 0.415 bits per heavy atom. The first-order valence-corrected chi connectivity index (χ1v) is 47.0. The van der Waals surface area contributed by atoms with Crippen molar-refractivity contribution in [2.45, 2.75) is 466 Å². The SMILES string of the molecule is CCCCCCCCCCCCC/C=C/[C@@H](O)[C@H](CO[C@@H]1OC(CO)[C@@H](O[C@@H]2OC(CO)[C@H](O)[C@H](O[C@H]3OC(CO)[C@H](O)[C@H](O[C@@H]4OC(CO)[C@@H](O[C@@H]5OC(CO)[C@H](O)[C@H](O[C@]6(C(=O)O)CC(O)[C@@H](NC(C)=O)C([C@H](O)[C@H](O)CO)O6)C5O)[C@H](O[C@H]5OC(C)[C@@H](O)C(O)[C@@H]5O)C4NC(C)=O)C3O)C2O)[C@H](O)C1O)NC(=O)CCCCCCCCCCCCCCCCCCC. The second-order valence-electron chi connectivity index (χ2n) is 35.6. The van der Waals surface area contributed by atoms with E-state index in [1.165, 1.54) is 122 Å². The summed E-state index contributed by atoms with van der Waals surface area (Å²) in [5.74, 6) is -7.68. The van der Waals surface area contributed by atoms with Crippen LogP contribution in [0, 0.1) is 0 Å². The summed E-state index contributed by atoms with van der Waals surface area (Å²) < 4.78 is 83.9. The zero-order valence-electron chi connectivity index (χ0n) is 75.6. The smallest absolute Gasteiger partial charge is 0.364 e. The number of aliphatic carboxylic acids is 1.